The van der Waals surface area contributed by atoms with Gasteiger partial charge in [-0.2, -0.15) is 0 Å². The van der Waals surface area contributed by atoms with Crippen LogP contribution in [0.2, 0.25) is 0 Å². The summed E-state index contributed by atoms with van der Waals surface area (Å²) in [6.45, 7) is 0. The lowest BCUT2D eigenvalue weighted by Gasteiger charge is -2.12. The van der Waals surface area contributed by atoms with Crippen LogP contribution in [0.5, 0.6) is 0 Å². The van der Waals surface area contributed by atoms with Gasteiger partial charge >= 0.3 is 0 Å². The van der Waals surface area contributed by atoms with Crippen molar-refractivity contribution in [1.82, 2.24) is 9.13 Å². The Hall–Kier alpha value is -4.56. The number of aryl methyl sites for hydroxylation is 1. The lowest BCUT2D eigenvalue weighted by Crippen LogP contribution is -1.94. The maximum Gasteiger partial charge on any atom is 0.0619 e. The fourth-order valence-electron chi connectivity index (χ4n) is 6.18. The smallest absolute Gasteiger partial charge is 0.0619 e. The molecule has 2 heteroatoms. The highest BCUT2D eigenvalue weighted by atomic mass is 15.0. The van der Waals surface area contributed by atoms with Crippen molar-refractivity contribution in [1.29, 1.82) is 0 Å². The normalized spacial score (nSPS) is 12.1. The van der Waals surface area contributed by atoms with Gasteiger partial charge in [-0.05, 0) is 46.5 Å². The zero-order chi connectivity index (χ0) is 23.1. The van der Waals surface area contributed by atoms with Crippen LogP contribution >= 0.6 is 0 Å². The maximum absolute atomic E-state index is 2.43. The number of hydrogen-bond acceptors (Lipinski definition) is 0. The number of para-hydroxylation sites is 3. The summed E-state index contributed by atoms with van der Waals surface area (Å²) in [7, 11) is 2.17. The molecule has 35 heavy (non-hydrogen) atoms. The summed E-state index contributed by atoms with van der Waals surface area (Å²) in [6.07, 6.45) is 0. The molecule has 0 aliphatic heterocycles. The molecule has 0 N–H and O–H groups in total. The monoisotopic (exact) mass is 446 g/mol. The van der Waals surface area contributed by atoms with Gasteiger partial charge in [-0.3, -0.25) is 0 Å². The molecule has 8 rings (SSSR count). The van der Waals surface area contributed by atoms with Crippen LogP contribution in [0, 0.1) is 0 Å². The van der Waals surface area contributed by atoms with Gasteiger partial charge in [-0.15, -0.1) is 0 Å². The fraction of sp³-hybridized carbons (Fsp3) is 0.0303. The van der Waals surface area contributed by atoms with E-state index in [4.69, 9.17) is 0 Å². The third-order valence-corrected chi connectivity index (χ3v) is 7.72. The molecule has 0 radical (unpaired) electrons. The van der Waals surface area contributed by atoms with Crippen molar-refractivity contribution in [3.8, 4) is 5.69 Å². The Bertz CT molecular complexity index is 2110. The van der Waals surface area contributed by atoms with Crippen LogP contribution in [0.1, 0.15) is 0 Å². The van der Waals surface area contributed by atoms with E-state index in [1.165, 1.54) is 70.8 Å². The molecule has 0 aliphatic carbocycles. The van der Waals surface area contributed by atoms with Gasteiger partial charge in [0, 0.05) is 50.7 Å². The first kappa shape index (κ1) is 18.8. The van der Waals surface area contributed by atoms with E-state index in [1.807, 2.05) is 0 Å². The summed E-state index contributed by atoms with van der Waals surface area (Å²) in [5.41, 5.74) is 6.25. The highest BCUT2D eigenvalue weighted by Crippen LogP contribution is 2.41. The van der Waals surface area contributed by atoms with Crippen molar-refractivity contribution in [2.45, 2.75) is 0 Å². The van der Waals surface area contributed by atoms with Crippen LogP contribution < -0.4 is 0 Å². The van der Waals surface area contributed by atoms with Crippen molar-refractivity contribution in [3.63, 3.8) is 0 Å². The first-order valence-electron chi connectivity index (χ1n) is 12.1. The molecule has 2 aromatic heterocycles. The number of fused-ring (bicyclic) bond motifs is 11. The number of nitrogens with zero attached hydrogens (tertiary/aromatic N) is 2. The van der Waals surface area contributed by atoms with E-state index in [0.29, 0.717) is 0 Å². The predicted molar refractivity (Wildman–Crippen MR) is 150 cm³/mol. The Labute approximate surface area is 202 Å². The average Bonchev–Trinajstić information content (AvgIpc) is 3.42. The van der Waals surface area contributed by atoms with E-state index in [0.717, 1.165) is 0 Å². The summed E-state index contributed by atoms with van der Waals surface area (Å²) in [6, 6.07) is 42.1. The topological polar surface area (TPSA) is 9.86 Å². The molecule has 0 aliphatic rings. The van der Waals surface area contributed by atoms with Gasteiger partial charge in [0.05, 0.1) is 11.0 Å². The highest BCUT2D eigenvalue weighted by molar-refractivity contribution is 6.28. The van der Waals surface area contributed by atoms with Crippen molar-refractivity contribution < 1.29 is 0 Å². The second-order valence-corrected chi connectivity index (χ2v) is 9.44. The molecule has 0 saturated carbocycles. The third kappa shape index (κ3) is 2.38. The number of rotatable bonds is 1. The van der Waals surface area contributed by atoms with Crippen LogP contribution in [0.3, 0.4) is 0 Å². The molecule has 164 valence electrons. The summed E-state index contributed by atoms with van der Waals surface area (Å²) in [4.78, 5) is 0. The first-order chi connectivity index (χ1) is 17.3. The molecule has 0 fully saturated rings. The van der Waals surface area contributed by atoms with Crippen molar-refractivity contribution >= 4 is 65.2 Å². The zero-order valence-corrected chi connectivity index (χ0v) is 19.4. The summed E-state index contributed by atoms with van der Waals surface area (Å²) in [5.74, 6) is 0. The molecule has 2 heterocycles. The van der Waals surface area contributed by atoms with Crippen molar-refractivity contribution in [3.05, 3.63) is 115 Å². The standard InChI is InChI=1S/C33H22N2/c1-34-29-13-7-6-12-28(29)32-25-16-18-26-23(22(25)19-20-31(32)34)15-17-27-24-11-5-8-14-30(24)35(33(26)27)21-9-3-2-4-10-21/h2-20H,1H3. The minimum atomic E-state index is 1.19. The molecule has 0 amide bonds. The SMILES string of the molecule is Cn1c2ccccc2c2c3ccc4c(ccc5c6ccccc6n(-c6ccccc6)c45)c3ccc21. The van der Waals surface area contributed by atoms with Gasteiger partial charge in [0.2, 0.25) is 0 Å². The lowest BCUT2D eigenvalue weighted by atomic mass is 9.96. The van der Waals surface area contributed by atoms with Gasteiger partial charge in [0.15, 0.2) is 0 Å². The quantitative estimate of drug-likeness (QED) is 0.223. The summed E-state index contributed by atoms with van der Waals surface area (Å²) in [5, 5.41) is 10.4. The van der Waals surface area contributed by atoms with Gasteiger partial charge in [-0.25, -0.2) is 0 Å². The molecule has 0 atom stereocenters. The third-order valence-electron chi connectivity index (χ3n) is 7.72. The molecular weight excluding hydrogens is 424 g/mol. The van der Waals surface area contributed by atoms with E-state index >= 15 is 0 Å². The molecule has 8 aromatic rings. The second kappa shape index (κ2) is 6.74. The average molecular weight is 447 g/mol. The van der Waals surface area contributed by atoms with E-state index in [-0.39, 0.29) is 0 Å². The predicted octanol–water partition coefficient (Wildman–Crippen LogP) is 8.74. The van der Waals surface area contributed by atoms with E-state index in [1.54, 1.807) is 0 Å². The molecular formula is C33H22N2. The van der Waals surface area contributed by atoms with Crippen LogP contribution in [0.25, 0.3) is 70.8 Å². The fourth-order valence-corrected chi connectivity index (χ4v) is 6.18. The Morgan fingerprint density at radius 3 is 1.80 bits per heavy atom. The Kier molecular flexibility index (Phi) is 3.62. The summed E-state index contributed by atoms with van der Waals surface area (Å²) >= 11 is 0. The molecule has 0 bridgehead atoms. The van der Waals surface area contributed by atoms with Crippen LogP contribution in [0.15, 0.2) is 115 Å². The van der Waals surface area contributed by atoms with Gasteiger partial charge in [-0.1, -0.05) is 84.9 Å². The zero-order valence-electron chi connectivity index (χ0n) is 19.4. The van der Waals surface area contributed by atoms with E-state index in [9.17, 15) is 0 Å². The molecule has 0 spiro atoms. The largest absolute Gasteiger partial charge is 0.344 e. The number of hydrogen-bond donors (Lipinski definition) is 0. The minimum absolute atomic E-state index is 1.19. The van der Waals surface area contributed by atoms with Gasteiger partial charge in [0.25, 0.3) is 0 Å². The van der Waals surface area contributed by atoms with Gasteiger partial charge in [0.1, 0.15) is 0 Å². The maximum atomic E-state index is 2.43. The van der Waals surface area contributed by atoms with Crippen LogP contribution in [-0.4, -0.2) is 9.13 Å². The molecule has 2 nitrogen and oxygen atoms in total. The van der Waals surface area contributed by atoms with E-state index in [2.05, 4.69) is 131 Å². The lowest BCUT2D eigenvalue weighted by molar-refractivity contribution is 1.01. The first-order valence-corrected chi connectivity index (χ1v) is 12.1. The molecule has 0 unspecified atom stereocenters. The van der Waals surface area contributed by atoms with Gasteiger partial charge < -0.3 is 9.13 Å². The van der Waals surface area contributed by atoms with Crippen LogP contribution in [-0.2, 0) is 7.05 Å². The van der Waals surface area contributed by atoms with Crippen LogP contribution in [0.4, 0.5) is 0 Å². The molecule has 0 saturated heterocycles. The van der Waals surface area contributed by atoms with E-state index < -0.39 is 0 Å². The van der Waals surface area contributed by atoms with Crippen molar-refractivity contribution in [2.75, 3.05) is 0 Å². The highest BCUT2D eigenvalue weighted by Gasteiger charge is 2.17. The second-order valence-electron chi connectivity index (χ2n) is 9.44. The molecule has 6 aromatic carbocycles. The number of benzene rings is 6. The minimum Gasteiger partial charge on any atom is -0.344 e. The summed E-state index contributed by atoms with van der Waals surface area (Å²) < 4.78 is 4.74. The Morgan fingerprint density at radius 2 is 0.971 bits per heavy atom. The Balaban J connectivity index is 1.59. The Morgan fingerprint density at radius 1 is 0.400 bits per heavy atom. The van der Waals surface area contributed by atoms with Crippen molar-refractivity contribution in [2.24, 2.45) is 7.05 Å². The number of aromatic nitrogens is 2.